The van der Waals surface area contributed by atoms with Gasteiger partial charge in [0.15, 0.2) is 19.0 Å². The maximum atomic E-state index is 12.2. The zero-order chi connectivity index (χ0) is 17.3. The van der Waals surface area contributed by atoms with Crippen molar-refractivity contribution in [3.63, 3.8) is 0 Å². The highest BCUT2D eigenvalue weighted by atomic mass is 32.1. The summed E-state index contributed by atoms with van der Waals surface area (Å²) in [5, 5.41) is 3.39. The van der Waals surface area contributed by atoms with Crippen molar-refractivity contribution in [2.45, 2.75) is 13.8 Å². The van der Waals surface area contributed by atoms with Crippen LogP contribution >= 0.6 is 11.3 Å². The number of nitrogens with zero attached hydrogens (tertiary/aromatic N) is 1. The lowest BCUT2D eigenvalue weighted by Crippen LogP contribution is -2.25. The van der Waals surface area contributed by atoms with E-state index in [0.717, 1.165) is 5.01 Å². The summed E-state index contributed by atoms with van der Waals surface area (Å²) in [4.78, 5) is 40.1. The van der Waals surface area contributed by atoms with E-state index < -0.39 is 5.97 Å². The lowest BCUT2D eigenvalue weighted by Gasteiger charge is -2.18. The third-order valence-electron chi connectivity index (χ3n) is 3.36. The number of aromatic nitrogens is 1. The Morgan fingerprint density at radius 1 is 1.38 bits per heavy atom. The molecular formula is C16H14N2O5S. The SMILES string of the molecule is Cc1nc(C)c(C(=O)OCC(=O)c2ccc3c(c2)NC(=O)CO3)s1. The molecule has 0 radical (unpaired) electrons. The van der Waals surface area contributed by atoms with Crippen molar-refractivity contribution < 1.29 is 23.9 Å². The summed E-state index contributed by atoms with van der Waals surface area (Å²) in [6.45, 7) is 3.07. The van der Waals surface area contributed by atoms with Gasteiger partial charge in [0.1, 0.15) is 10.6 Å². The van der Waals surface area contributed by atoms with E-state index >= 15 is 0 Å². The van der Waals surface area contributed by atoms with E-state index in [4.69, 9.17) is 9.47 Å². The predicted octanol–water partition coefficient (Wildman–Crippen LogP) is 2.13. The van der Waals surface area contributed by atoms with Gasteiger partial charge in [0.25, 0.3) is 5.91 Å². The van der Waals surface area contributed by atoms with E-state index in [1.165, 1.54) is 17.4 Å². The topological polar surface area (TPSA) is 94.6 Å². The Bertz CT molecular complexity index is 843. The highest BCUT2D eigenvalue weighted by Gasteiger charge is 2.20. The van der Waals surface area contributed by atoms with Crippen LogP contribution in [0.5, 0.6) is 5.75 Å². The van der Waals surface area contributed by atoms with Gasteiger partial charge in [-0.05, 0) is 32.0 Å². The zero-order valence-electron chi connectivity index (χ0n) is 13.0. The second-order valence-electron chi connectivity index (χ2n) is 5.19. The molecule has 1 N–H and O–H groups in total. The molecule has 1 amide bonds. The molecule has 1 aromatic carbocycles. The largest absolute Gasteiger partial charge is 0.482 e. The van der Waals surface area contributed by atoms with Crippen LogP contribution in [0.2, 0.25) is 0 Å². The van der Waals surface area contributed by atoms with Gasteiger partial charge in [-0.25, -0.2) is 9.78 Å². The highest BCUT2D eigenvalue weighted by Crippen LogP contribution is 2.28. The average molecular weight is 346 g/mol. The van der Waals surface area contributed by atoms with Gasteiger partial charge >= 0.3 is 5.97 Å². The van der Waals surface area contributed by atoms with Gasteiger partial charge in [-0.2, -0.15) is 0 Å². The zero-order valence-corrected chi connectivity index (χ0v) is 13.9. The van der Waals surface area contributed by atoms with Gasteiger partial charge in [-0.1, -0.05) is 0 Å². The quantitative estimate of drug-likeness (QED) is 0.673. The van der Waals surface area contributed by atoms with Gasteiger partial charge in [0.2, 0.25) is 0 Å². The Morgan fingerprint density at radius 3 is 2.88 bits per heavy atom. The number of Topliss-reactive ketones (excluding diaryl/α,β-unsaturated/α-hetero) is 1. The Morgan fingerprint density at radius 2 is 2.17 bits per heavy atom. The number of benzene rings is 1. The molecule has 1 aliphatic heterocycles. The fraction of sp³-hybridized carbons (Fsp3) is 0.250. The first kappa shape index (κ1) is 16.1. The number of esters is 1. The number of hydrogen-bond donors (Lipinski definition) is 1. The first-order valence-electron chi connectivity index (χ1n) is 7.15. The van der Waals surface area contributed by atoms with Crippen molar-refractivity contribution >= 4 is 34.7 Å². The second-order valence-corrected chi connectivity index (χ2v) is 6.40. The minimum absolute atomic E-state index is 0.0501. The third-order valence-corrected chi connectivity index (χ3v) is 4.41. The summed E-state index contributed by atoms with van der Waals surface area (Å²) in [5.74, 6) is -0.723. The molecule has 0 atom stereocenters. The molecule has 0 bridgehead atoms. The molecule has 0 fully saturated rings. The van der Waals surface area contributed by atoms with Gasteiger partial charge in [-0.15, -0.1) is 11.3 Å². The predicted molar refractivity (Wildman–Crippen MR) is 86.8 cm³/mol. The smallest absolute Gasteiger partial charge is 0.350 e. The molecule has 0 spiro atoms. The van der Waals surface area contributed by atoms with Gasteiger partial charge in [-0.3, -0.25) is 9.59 Å². The summed E-state index contributed by atoms with van der Waals surface area (Å²) in [5.41, 5.74) is 1.34. The number of carbonyl (C=O) groups is 3. The van der Waals surface area contributed by atoms with E-state index in [1.54, 1.807) is 26.0 Å². The minimum Gasteiger partial charge on any atom is -0.482 e. The molecule has 2 heterocycles. The Kier molecular flexibility index (Phi) is 4.30. The summed E-state index contributed by atoms with van der Waals surface area (Å²) in [7, 11) is 0. The third kappa shape index (κ3) is 3.28. The Hall–Kier alpha value is -2.74. The van der Waals surface area contributed by atoms with Gasteiger partial charge in [0.05, 0.1) is 16.4 Å². The van der Waals surface area contributed by atoms with Crippen LogP contribution in [0, 0.1) is 13.8 Å². The molecule has 8 heteroatoms. The number of aryl methyl sites for hydroxylation is 2. The molecule has 1 aromatic heterocycles. The van der Waals surface area contributed by atoms with Crippen molar-refractivity contribution in [1.82, 2.24) is 4.98 Å². The average Bonchev–Trinajstić information content (AvgIpc) is 2.90. The number of rotatable bonds is 4. The molecule has 124 valence electrons. The van der Waals surface area contributed by atoms with Gasteiger partial charge < -0.3 is 14.8 Å². The highest BCUT2D eigenvalue weighted by molar-refractivity contribution is 7.13. The number of amides is 1. The summed E-state index contributed by atoms with van der Waals surface area (Å²) >= 11 is 1.23. The Balaban J connectivity index is 1.67. The molecule has 0 saturated heterocycles. The normalized spacial score (nSPS) is 12.8. The number of hydrogen-bond acceptors (Lipinski definition) is 7. The molecule has 0 unspecified atom stereocenters. The second kappa shape index (κ2) is 6.40. The lowest BCUT2D eigenvalue weighted by molar-refractivity contribution is -0.118. The van der Waals surface area contributed by atoms with Crippen LogP contribution in [0.1, 0.15) is 30.7 Å². The van der Waals surface area contributed by atoms with Crippen molar-refractivity contribution in [3.05, 3.63) is 39.3 Å². The number of thiazole rings is 1. The lowest BCUT2D eigenvalue weighted by atomic mass is 10.1. The molecule has 2 aromatic rings. The minimum atomic E-state index is -0.568. The van der Waals surface area contributed by atoms with Crippen LogP contribution in [0.25, 0.3) is 0 Å². The molecule has 0 saturated carbocycles. The van der Waals surface area contributed by atoms with E-state index in [0.29, 0.717) is 27.6 Å². The number of anilines is 1. The van der Waals surface area contributed by atoms with Crippen LogP contribution in [0.3, 0.4) is 0 Å². The van der Waals surface area contributed by atoms with E-state index in [-0.39, 0.29) is 24.9 Å². The van der Waals surface area contributed by atoms with Gasteiger partial charge in [0, 0.05) is 5.56 Å². The fourth-order valence-electron chi connectivity index (χ4n) is 2.26. The standard InChI is InChI=1S/C16H14N2O5S/c1-8-15(24-9(2)17-8)16(21)23-6-12(19)10-3-4-13-11(5-10)18-14(20)7-22-13/h3-5H,6-7H2,1-2H3,(H,18,20). The van der Waals surface area contributed by atoms with Crippen molar-refractivity contribution in [2.24, 2.45) is 0 Å². The molecule has 1 aliphatic rings. The fourth-order valence-corrected chi connectivity index (χ4v) is 3.07. The van der Waals surface area contributed by atoms with Crippen LogP contribution in [-0.4, -0.2) is 35.9 Å². The molecular weight excluding hydrogens is 332 g/mol. The van der Waals surface area contributed by atoms with Crippen LogP contribution in [-0.2, 0) is 9.53 Å². The monoisotopic (exact) mass is 346 g/mol. The summed E-state index contributed by atoms with van der Waals surface area (Å²) < 4.78 is 10.3. The maximum Gasteiger partial charge on any atom is 0.350 e. The number of ether oxygens (including phenoxy) is 2. The van der Waals surface area contributed by atoms with Crippen LogP contribution in [0.15, 0.2) is 18.2 Å². The Labute approximate surface area is 141 Å². The summed E-state index contributed by atoms with van der Waals surface area (Å²) in [6, 6.07) is 4.67. The molecule has 3 rings (SSSR count). The van der Waals surface area contributed by atoms with E-state index in [2.05, 4.69) is 10.3 Å². The maximum absolute atomic E-state index is 12.2. The van der Waals surface area contributed by atoms with Crippen molar-refractivity contribution in [1.29, 1.82) is 0 Å². The van der Waals surface area contributed by atoms with E-state index in [1.807, 2.05) is 0 Å². The molecule has 0 aliphatic carbocycles. The van der Waals surface area contributed by atoms with E-state index in [9.17, 15) is 14.4 Å². The van der Waals surface area contributed by atoms with Crippen LogP contribution in [0.4, 0.5) is 5.69 Å². The first-order chi connectivity index (χ1) is 11.4. The first-order valence-corrected chi connectivity index (χ1v) is 7.97. The number of carbonyl (C=O) groups excluding carboxylic acids is 3. The number of ketones is 1. The van der Waals surface area contributed by atoms with Crippen molar-refractivity contribution in [2.75, 3.05) is 18.5 Å². The molecule has 24 heavy (non-hydrogen) atoms. The number of fused-ring (bicyclic) bond motifs is 1. The number of nitrogens with one attached hydrogen (secondary N) is 1. The summed E-state index contributed by atoms with van der Waals surface area (Å²) in [6.07, 6.45) is 0. The molecule has 7 nitrogen and oxygen atoms in total. The van der Waals surface area contributed by atoms with Crippen LogP contribution < -0.4 is 10.1 Å². The van der Waals surface area contributed by atoms with Crippen molar-refractivity contribution in [3.8, 4) is 5.75 Å².